The minimum Gasteiger partial charge on any atom is -0.303 e. The van der Waals surface area contributed by atoms with Gasteiger partial charge in [-0.1, -0.05) is 55.5 Å². The topological polar surface area (TPSA) is 42.9 Å². The molecule has 2 heterocycles. The van der Waals surface area contributed by atoms with Crippen molar-refractivity contribution in [3.63, 3.8) is 0 Å². The van der Waals surface area contributed by atoms with Crippen molar-refractivity contribution in [2.24, 2.45) is 0 Å². The van der Waals surface area contributed by atoms with Gasteiger partial charge in [-0.05, 0) is 24.3 Å². The zero-order valence-electron chi connectivity index (χ0n) is 14.0. The van der Waals surface area contributed by atoms with E-state index in [2.05, 4.69) is 6.07 Å². The number of carbonyl (C=O) groups is 1. The van der Waals surface area contributed by atoms with Gasteiger partial charge in [-0.15, -0.1) is 0 Å². The molecule has 0 aliphatic rings. The molecule has 0 aliphatic carbocycles. The first-order valence-corrected chi connectivity index (χ1v) is 8.43. The lowest BCUT2D eigenvalue weighted by Crippen LogP contribution is -2.13. The number of aromatic nitrogens is 2. The first-order chi connectivity index (χ1) is 12.3. The van der Waals surface area contributed by atoms with Gasteiger partial charge in [0.2, 0.25) is 0 Å². The molecule has 0 N–H and O–H groups in total. The lowest BCUT2D eigenvalue weighted by Gasteiger charge is -2.19. The maximum atomic E-state index is 11.9. The van der Waals surface area contributed by atoms with Crippen LogP contribution in [-0.2, 0) is 4.79 Å². The van der Waals surface area contributed by atoms with Gasteiger partial charge in [-0.3, -0.25) is 9.97 Å². The molecule has 3 nitrogen and oxygen atoms in total. The van der Waals surface area contributed by atoms with Gasteiger partial charge in [-0.2, -0.15) is 0 Å². The molecule has 0 radical (unpaired) electrons. The number of hydrogen-bond acceptors (Lipinski definition) is 3. The van der Waals surface area contributed by atoms with E-state index in [1.54, 1.807) is 0 Å². The number of carbonyl (C=O) groups excluding carboxylic acids is 1. The van der Waals surface area contributed by atoms with Crippen LogP contribution in [0.25, 0.3) is 21.8 Å². The van der Waals surface area contributed by atoms with Crippen LogP contribution in [0.15, 0.2) is 72.8 Å². The van der Waals surface area contributed by atoms with Gasteiger partial charge in [0.05, 0.1) is 22.6 Å². The first kappa shape index (κ1) is 15.5. The summed E-state index contributed by atoms with van der Waals surface area (Å²) in [5, 5.41) is 2.18. The van der Waals surface area contributed by atoms with Gasteiger partial charge in [0, 0.05) is 22.4 Å². The fraction of sp³-hybridized carbons (Fsp3) is 0.136. The molecule has 0 bridgehead atoms. The third kappa shape index (κ3) is 2.89. The third-order valence-corrected chi connectivity index (χ3v) is 4.73. The van der Waals surface area contributed by atoms with Crippen molar-refractivity contribution in [1.82, 2.24) is 9.97 Å². The first-order valence-electron chi connectivity index (χ1n) is 8.43. The largest absolute Gasteiger partial charge is 0.303 e. The lowest BCUT2D eigenvalue weighted by atomic mass is 9.88. The van der Waals surface area contributed by atoms with Crippen LogP contribution in [0.5, 0.6) is 0 Å². The molecule has 4 rings (SSSR count). The molecular formula is C22H18N2O. The summed E-state index contributed by atoms with van der Waals surface area (Å²) in [6, 6.07) is 24.0. The Kier molecular flexibility index (Phi) is 3.98. The third-order valence-electron chi connectivity index (χ3n) is 4.73. The molecule has 0 spiro atoms. The van der Waals surface area contributed by atoms with E-state index in [4.69, 9.17) is 9.97 Å². The summed E-state index contributed by atoms with van der Waals surface area (Å²) in [6.45, 7) is 2.03. The van der Waals surface area contributed by atoms with Gasteiger partial charge in [0.15, 0.2) is 0 Å². The molecule has 122 valence electrons. The number of aldehydes is 1. The summed E-state index contributed by atoms with van der Waals surface area (Å²) >= 11 is 0. The van der Waals surface area contributed by atoms with Crippen LogP contribution >= 0.6 is 0 Å². The Bertz CT molecular complexity index is 1060. The molecule has 2 atom stereocenters. The van der Waals surface area contributed by atoms with Crippen LogP contribution in [0.4, 0.5) is 0 Å². The minimum absolute atomic E-state index is 0.0456. The minimum atomic E-state index is -0.321. The number of fused-ring (bicyclic) bond motifs is 2. The van der Waals surface area contributed by atoms with Gasteiger partial charge < -0.3 is 4.79 Å². The van der Waals surface area contributed by atoms with E-state index >= 15 is 0 Å². The number of pyridine rings is 2. The second-order valence-electron chi connectivity index (χ2n) is 6.31. The van der Waals surface area contributed by atoms with Gasteiger partial charge in [0.25, 0.3) is 0 Å². The maximum absolute atomic E-state index is 11.9. The predicted molar refractivity (Wildman–Crippen MR) is 101 cm³/mol. The molecule has 2 aromatic carbocycles. The number of hydrogen-bond donors (Lipinski definition) is 0. The summed E-state index contributed by atoms with van der Waals surface area (Å²) in [4.78, 5) is 21.3. The highest BCUT2D eigenvalue weighted by atomic mass is 16.1. The zero-order chi connectivity index (χ0) is 17.2. The van der Waals surface area contributed by atoms with E-state index in [1.807, 2.05) is 73.7 Å². The van der Waals surface area contributed by atoms with E-state index in [9.17, 15) is 4.79 Å². The standard InChI is InChI=1S/C22H18N2O/c1-15(19-12-10-16-6-2-4-8-20(16)23-19)18(14-25)22-13-11-17-7-3-5-9-21(17)24-22/h2-15,18H,1H3. The van der Waals surface area contributed by atoms with Crippen LogP contribution in [-0.4, -0.2) is 16.3 Å². The van der Waals surface area contributed by atoms with Crippen molar-refractivity contribution in [2.75, 3.05) is 0 Å². The van der Waals surface area contributed by atoms with E-state index in [1.165, 1.54) is 0 Å². The summed E-state index contributed by atoms with van der Waals surface area (Å²) in [7, 11) is 0. The Morgan fingerprint density at radius 3 is 1.84 bits per heavy atom. The normalized spacial score (nSPS) is 13.6. The summed E-state index contributed by atoms with van der Waals surface area (Å²) in [5.41, 5.74) is 3.55. The summed E-state index contributed by atoms with van der Waals surface area (Å²) < 4.78 is 0. The molecule has 0 saturated heterocycles. The fourth-order valence-electron chi connectivity index (χ4n) is 3.23. The highest BCUT2D eigenvalue weighted by Gasteiger charge is 2.23. The Balaban J connectivity index is 1.73. The maximum Gasteiger partial charge on any atom is 0.129 e. The van der Waals surface area contributed by atoms with Gasteiger partial charge in [0.1, 0.15) is 6.29 Å². The van der Waals surface area contributed by atoms with E-state index < -0.39 is 0 Å². The SMILES string of the molecule is CC(c1ccc2ccccc2n1)C(C=O)c1ccc2ccccc2n1. The lowest BCUT2D eigenvalue weighted by molar-refractivity contribution is -0.109. The van der Waals surface area contributed by atoms with Crippen LogP contribution < -0.4 is 0 Å². The number of nitrogens with zero attached hydrogens (tertiary/aromatic N) is 2. The molecule has 2 aromatic heterocycles. The monoisotopic (exact) mass is 326 g/mol. The Labute approximate surface area is 146 Å². The molecule has 4 aromatic rings. The average Bonchev–Trinajstić information content (AvgIpc) is 2.68. The molecular weight excluding hydrogens is 308 g/mol. The van der Waals surface area contributed by atoms with Crippen LogP contribution in [0.2, 0.25) is 0 Å². The molecule has 0 aliphatic heterocycles. The average molecular weight is 326 g/mol. The number of rotatable bonds is 4. The van der Waals surface area contributed by atoms with Gasteiger partial charge >= 0.3 is 0 Å². The second-order valence-corrected chi connectivity index (χ2v) is 6.31. The fourth-order valence-corrected chi connectivity index (χ4v) is 3.23. The highest BCUT2D eigenvalue weighted by Crippen LogP contribution is 2.31. The highest BCUT2D eigenvalue weighted by molar-refractivity contribution is 5.80. The Morgan fingerprint density at radius 1 is 0.720 bits per heavy atom. The quantitative estimate of drug-likeness (QED) is 0.503. The molecule has 25 heavy (non-hydrogen) atoms. The van der Waals surface area contributed by atoms with Crippen molar-refractivity contribution in [1.29, 1.82) is 0 Å². The molecule has 3 heteroatoms. The van der Waals surface area contributed by atoms with Crippen molar-refractivity contribution in [2.45, 2.75) is 18.8 Å². The molecule has 0 amide bonds. The molecule has 2 unspecified atom stereocenters. The van der Waals surface area contributed by atoms with E-state index in [-0.39, 0.29) is 11.8 Å². The van der Waals surface area contributed by atoms with Crippen molar-refractivity contribution in [3.8, 4) is 0 Å². The zero-order valence-corrected chi connectivity index (χ0v) is 14.0. The van der Waals surface area contributed by atoms with Crippen LogP contribution in [0, 0.1) is 0 Å². The predicted octanol–water partition coefficient (Wildman–Crippen LogP) is 4.87. The van der Waals surface area contributed by atoms with Crippen LogP contribution in [0.1, 0.15) is 30.1 Å². The Morgan fingerprint density at radius 2 is 1.24 bits per heavy atom. The molecule has 0 saturated carbocycles. The smallest absolute Gasteiger partial charge is 0.129 e. The van der Waals surface area contributed by atoms with Crippen molar-refractivity contribution < 1.29 is 4.79 Å². The van der Waals surface area contributed by atoms with Crippen molar-refractivity contribution >= 4 is 28.1 Å². The number of para-hydroxylation sites is 2. The van der Waals surface area contributed by atoms with Crippen LogP contribution in [0.3, 0.4) is 0 Å². The summed E-state index contributed by atoms with van der Waals surface area (Å²) in [6.07, 6.45) is 0.985. The second kappa shape index (κ2) is 6.44. The summed E-state index contributed by atoms with van der Waals surface area (Å²) in [5.74, 6) is -0.367. The Hall–Kier alpha value is -3.07. The number of benzene rings is 2. The van der Waals surface area contributed by atoms with Gasteiger partial charge in [-0.25, -0.2) is 0 Å². The van der Waals surface area contributed by atoms with E-state index in [0.717, 1.165) is 39.5 Å². The van der Waals surface area contributed by atoms with E-state index in [0.29, 0.717) is 0 Å². The van der Waals surface area contributed by atoms with Crippen molar-refractivity contribution in [3.05, 3.63) is 84.2 Å². The molecule has 0 fully saturated rings.